The van der Waals surface area contributed by atoms with Crippen LogP contribution in [0.25, 0.3) is 17.3 Å². The third-order valence-electron chi connectivity index (χ3n) is 6.88. The molecule has 49 heavy (non-hydrogen) atoms. The van der Waals surface area contributed by atoms with Crippen LogP contribution < -0.4 is 4.31 Å². The van der Waals surface area contributed by atoms with E-state index in [-0.39, 0.29) is 57.6 Å². The lowest BCUT2D eigenvalue weighted by Gasteiger charge is -2.20. The Morgan fingerprint density at radius 3 is 2.43 bits per heavy atom. The Kier molecular flexibility index (Phi) is 16.9. The van der Waals surface area contributed by atoms with Crippen molar-refractivity contribution in [1.29, 1.82) is 0 Å². The lowest BCUT2D eigenvalue weighted by molar-refractivity contribution is -0.769. The summed E-state index contributed by atoms with van der Waals surface area (Å²) in [6.07, 6.45) is 0.825. The zero-order valence-electron chi connectivity index (χ0n) is 27.6. The Hall–Kier alpha value is -4.33. The monoisotopic (exact) mass is 715 g/mol. The summed E-state index contributed by atoms with van der Waals surface area (Å²) in [5.74, 6) is -1.47. The molecule has 1 aromatic heterocycles. The van der Waals surface area contributed by atoms with Crippen molar-refractivity contribution in [3.05, 3.63) is 62.4 Å². The number of benzene rings is 1. The molecule has 0 bridgehead atoms. The fourth-order valence-electron chi connectivity index (χ4n) is 4.31. The highest BCUT2D eigenvalue weighted by molar-refractivity contribution is 7.92. The molecule has 0 spiro atoms. The average Bonchev–Trinajstić information content (AvgIpc) is 3.02. The average molecular weight is 716 g/mol. The van der Waals surface area contributed by atoms with Crippen molar-refractivity contribution in [3.63, 3.8) is 0 Å². The summed E-state index contributed by atoms with van der Waals surface area (Å²) in [5.41, 5.74) is 1.69. The molecule has 3 atom stereocenters. The molecule has 0 radical (unpaired) electrons. The van der Waals surface area contributed by atoms with E-state index in [4.69, 9.17) is 9.47 Å². The molecule has 19 heteroatoms. The Bertz CT molecular complexity index is 1510. The summed E-state index contributed by atoms with van der Waals surface area (Å²) in [4.78, 5) is 50.3. The van der Waals surface area contributed by atoms with Gasteiger partial charge in [-0.05, 0) is 43.0 Å². The van der Waals surface area contributed by atoms with Crippen LogP contribution in [0.4, 0.5) is 10.3 Å². The fourth-order valence-corrected chi connectivity index (χ4v) is 4.69. The molecule has 0 aliphatic rings. The van der Waals surface area contributed by atoms with Crippen LogP contribution in [-0.2, 0) is 34.0 Å². The smallest absolute Gasteiger partial charge is 0.308 e. The van der Waals surface area contributed by atoms with Crippen molar-refractivity contribution >= 4 is 28.0 Å². The van der Waals surface area contributed by atoms with Gasteiger partial charge in [0, 0.05) is 37.6 Å². The first-order chi connectivity index (χ1) is 23.1. The highest BCUT2D eigenvalue weighted by atomic mass is 32.2. The number of carbonyl (C=O) groups is 1. The quantitative estimate of drug-likeness (QED) is 0.0553. The zero-order valence-corrected chi connectivity index (χ0v) is 28.5. The number of ether oxygens (including phenoxy) is 2. The fraction of sp³-hybridized carbons (Fsp3) is 0.567. The Balaban J connectivity index is 1.96. The summed E-state index contributed by atoms with van der Waals surface area (Å²) in [6, 6.07) is 5.44. The standard InChI is InChI=1S/C30H42FN5O12S/c1-20(2)28-26(29(21-7-9-22(31)10-8-21)33-30(32-28)35(3)49(4,43)44)12-11-23(37)17-24(38)18-27(39)46-15-6-5-14-45-19-25(48-36(41)42)13-16-47-34-40/h7-12,20,23-25,37-38H,5-6,13-19H2,1-4H3/b12-11+/t23?,24-,25?/m1/s1. The topological polar surface area (TPSA) is 230 Å². The molecular formula is C30H42FN5O12S. The van der Waals surface area contributed by atoms with E-state index in [2.05, 4.69) is 25.0 Å². The number of halogens is 1. The van der Waals surface area contributed by atoms with Gasteiger partial charge < -0.3 is 29.4 Å². The minimum absolute atomic E-state index is 0.0137. The summed E-state index contributed by atoms with van der Waals surface area (Å²) < 4.78 is 49.6. The maximum atomic E-state index is 13.7. The number of sulfonamides is 1. The van der Waals surface area contributed by atoms with Gasteiger partial charge in [0.15, 0.2) is 5.34 Å². The third-order valence-corrected chi connectivity index (χ3v) is 8.03. The van der Waals surface area contributed by atoms with Gasteiger partial charge in [0.1, 0.15) is 18.5 Å². The Morgan fingerprint density at radius 2 is 1.82 bits per heavy atom. The molecule has 1 aromatic carbocycles. The predicted molar refractivity (Wildman–Crippen MR) is 174 cm³/mol. The van der Waals surface area contributed by atoms with Crippen LogP contribution in [0, 0.1) is 20.8 Å². The lowest BCUT2D eigenvalue weighted by atomic mass is 9.97. The molecule has 2 aromatic rings. The first kappa shape index (κ1) is 40.8. The largest absolute Gasteiger partial charge is 0.466 e. The minimum atomic E-state index is -3.70. The van der Waals surface area contributed by atoms with Gasteiger partial charge >= 0.3 is 5.97 Å². The molecule has 0 amide bonds. The number of nitrogens with zero attached hydrogens (tertiary/aromatic N) is 5. The van der Waals surface area contributed by atoms with Gasteiger partial charge in [-0.3, -0.25) is 4.79 Å². The summed E-state index contributed by atoms with van der Waals surface area (Å²) in [5, 5.41) is 32.8. The highest BCUT2D eigenvalue weighted by Gasteiger charge is 2.23. The number of rotatable bonds is 23. The maximum absolute atomic E-state index is 13.7. The SMILES string of the molecule is CC(C)c1nc(N(C)S(C)(=O)=O)nc(-c2ccc(F)cc2)c1/C=C/C(O)C[C@@H](O)CC(=O)OCCCCOCC(CCON=O)O[N+](=O)[O-]. The van der Waals surface area contributed by atoms with E-state index in [1.165, 1.54) is 43.5 Å². The van der Waals surface area contributed by atoms with Crippen LogP contribution in [0.2, 0.25) is 0 Å². The van der Waals surface area contributed by atoms with Crippen molar-refractivity contribution in [3.8, 4) is 11.3 Å². The highest BCUT2D eigenvalue weighted by Crippen LogP contribution is 2.31. The normalized spacial score (nSPS) is 13.6. The number of anilines is 1. The van der Waals surface area contributed by atoms with Crippen LogP contribution in [0.15, 0.2) is 35.7 Å². The van der Waals surface area contributed by atoms with Crippen molar-refractivity contribution < 1.29 is 52.1 Å². The molecule has 0 saturated heterocycles. The number of hydrogen-bond donors (Lipinski definition) is 2. The second-order valence-electron chi connectivity index (χ2n) is 11.2. The predicted octanol–water partition coefficient (Wildman–Crippen LogP) is 3.32. The minimum Gasteiger partial charge on any atom is -0.466 e. The van der Waals surface area contributed by atoms with E-state index >= 15 is 0 Å². The molecule has 2 unspecified atom stereocenters. The number of aromatic nitrogens is 2. The molecule has 1 heterocycles. The number of carbonyl (C=O) groups excluding carboxylic acids is 1. The van der Waals surface area contributed by atoms with Crippen molar-refractivity contribution in [2.45, 2.75) is 70.2 Å². The van der Waals surface area contributed by atoms with E-state index in [1.54, 1.807) is 0 Å². The molecular weight excluding hydrogens is 673 g/mol. The molecule has 0 aliphatic heterocycles. The van der Waals surface area contributed by atoms with Gasteiger partial charge in [0.25, 0.3) is 5.09 Å². The third kappa shape index (κ3) is 14.8. The van der Waals surface area contributed by atoms with E-state index in [9.17, 15) is 42.8 Å². The van der Waals surface area contributed by atoms with E-state index in [0.717, 1.165) is 10.6 Å². The molecule has 17 nitrogen and oxygen atoms in total. The summed E-state index contributed by atoms with van der Waals surface area (Å²) in [6.45, 7) is 3.60. The number of unbranched alkanes of at least 4 members (excludes halogenated alkanes) is 1. The number of aliphatic hydroxyl groups is 2. The number of esters is 1. The van der Waals surface area contributed by atoms with E-state index in [1.807, 2.05) is 13.8 Å². The van der Waals surface area contributed by atoms with Crippen LogP contribution in [0.1, 0.15) is 63.1 Å². The maximum Gasteiger partial charge on any atom is 0.308 e. The second kappa shape index (κ2) is 20.2. The van der Waals surface area contributed by atoms with Gasteiger partial charge in [0.2, 0.25) is 16.0 Å². The van der Waals surface area contributed by atoms with Crippen LogP contribution in [0.3, 0.4) is 0 Å². The van der Waals surface area contributed by atoms with Gasteiger partial charge in [-0.25, -0.2) is 27.1 Å². The summed E-state index contributed by atoms with van der Waals surface area (Å²) in [7, 11) is -2.39. The molecule has 0 fully saturated rings. The van der Waals surface area contributed by atoms with Gasteiger partial charge in [-0.15, -0.1) is 15.0 Å². The lowest BCUT2D eigenvalue weighted by Crippen LogP contribution is -2.27. The summed E-state index contributed by atoms with van der Waals surface area (Å²) >= 11 is 0. The zero-order chi connectivity index (χ0) is 36.6. The van der Waals surface area contributed by atoms with Gasteiger partial charge in [-0.1, -0.05) is 26.0 Å². The Morgan fingerprint density at radius 1 is 1.14 bits per heavy atom. The second-order valence-corrected chi connectivity index (χ2v) is 13.2. The van der Waals surface area contributed by atoms with Crippen LogP contribution in [-0.4, -0.2) is 97.7 Å². The van der Waals surface area contributed by atoms with Crippen molar-refractivity contribution in [2.24, 2.45) is 5.34 Å². The molecule has 272 valence electrons. The van der Waals surface area contributed by atoms with E-state index in [0.29, 0.717) is 35.4 Å². The van der Waals surface area contributed by atoms with Crippen molar-refractivity contribution in [2.75, 3.05) is 44.0 Å². The molecule has 0 saturated carbocycles. The number of aliphatic hydroxyl groups excluding tert-OH is 2. The Labute approximate surface area is 283 Å². The van der Waals surface area contributed by atoms with Crippen LogP contribution >= 0.6 is 0 Å². The first-order valence-corrected chi connectivity index (χ1v) is 17.1. The van der Waals surface area contributed by atoms with E-state index < -0.39 is 45.2 Å². The van der Waals surface area contributed by atoms with Gasteiger partial charge in [0.05, 0.1) is 49.5 Å². The molecule has 2 N–H and O–H groups in total. The molecule has 0 aliphatic carbocycles. The number of hydrogen-bond acceptors (Lipinski definition) is 15. The molecule has 2 rings (SSSR count). The van der Waals surface area contributed by atoms with Crippen LogP contribution in [0.5, 0.6) is 0 Å². The first-order valence-electron chi connectivity index (χ1n) is 15.3. The van der Waals surface area contributed by atoms with Gasteiger partial charge in [-0.2, -0.15) is 0 Å². The van der Waals surface area contributed by atoms with Crippen molar-refractivity contribution in [1.82, 2.24) is 9.97 Å².